The molecule has 4 rings (SSSR count). The molecule has 3 atom stereocenters. The van der Waals surface area contributed by atoms with E-state index in [-0.39, 0.29) is 16.7 Å². The van der Waals surface area contributed by atoms with Crippen molar-refractivity contribution < 1.29 is 32.6 Å². The molecule has 0 bridgehead atoms. The van der Waals surface area contributed by atoms with E-state index < -0.39 is 54.2 Å². The second kappa shape index (κ2) is 9.63. The Balaban J connectivity index is 1.64. The number of carbonyl (C=O) groups is 2. The molecule has 2 heterocycles. The number of benzene rings is 2. The van der Waals surface area contributed by atoms with Gasteiger partial charge in [0.1, 0.15) is 6.61 Å². The van der Waals surface area contributed by atoms with Crippen LogP contribution in [-0.4, -0.2) is 46.2 Å². The van der Waals surface area contributed by atoms with Crippen LogP contribution in [0.25, 0.3) is 0 Å². The van der Waals surface area contributed by atoms with Gasteiger partial charge in [-0.2, -0.15) is 8.78 Å². The molecular formula is C24H20F2N2O7. The van der Waals surface area contributed by atoms with Crippen molar-refractivity contribution in [1.82, 2.24) is 9.55 Å². The zero-order valence-corrected chi connectivity index (χ0v) is 18.4. The first-order chi connectivity index (χ1) is 16.7. The lowest BCUT2D eigenvalue weighted by Gasteiger charge is -2.24. The highest BCUT2D eigenvalue weighted by molar-refractivity contribution is 5.90. The number of aromatic amines is 1. The number of hydrogen-bond acceptors (Lipinski definition) is 7. The Bertz CT molecular complexity index is 1340. The minimum Gasteiger partial charge on any atom is -0.459 e. The average Bonchev–Trinajstić information content (AvgIpc) is 3.10. The number of esters is 2. The number of alkyl halides is 2. The number of halogens is 2. The van der Waals surface area contributed by atoms with Crippen molar-refractivity contribution in [2.75, 3.05) is 6.61 Å². The Labute approximate surface area is 196 Å². The number of nitrogens with one attached hydrogen (secondary N) is 1. The Morgan fingerprint density at radius 2 is 1.57 bits per heavy atom. The van der Waals surface area contributed by atoms with Crippen LogP contribution in [0.15, 0.2) is 76.4 Å². The first-order valence-corrected chi connectivity index (χ1v) is 10.5. The number of hydrogen-bond donors (Lipinski definition) is 1. The van der Waals surface area contributed by atoms with Gasteiger partial charge in [0.05, 0.1) is 11.1 Å². The topological polar surface area (TPSA) is 117 Å². The van der Waals surface area contributed by atoms with E-state index in [1.54, 1.807) is 24.3 Å². The van der Waals surface area contributed by atoms with Crippen molar-refractivity contribution in [1.29, 1.82) is 0 Å². The maximum absolute atomic E-state index is 15.5. The summed E-state index contributed by atoms with van der Waals surface area (Å²) in [6.07, 6.45) is -5.09. The molecular weight excluding hydrogens is 466 g/mol. The largest absolute Gasteiger partial charge is 0.459 e. The number of aromatic nitrogens is 2. The molecule has 1 N–H and O–H groups in total. The van der Waals surface area contributed by atoms with E-state index in [4.69, 9.17) is 14.2 Å². The van der Waals surface area contributed by atoms with Crippen LogP contribution in [0.3, 0.4) is 0 Å². The zero-order chi connectivity index (χ0) is 25.2. The van der Waals surface area contributed by atoms with Gasteiger partial charge in [-0.05, 0) is 31.2 Å². The van der Waals surface area contributed by atoms with E-state index in [1.807, 2.05) is 4.98 Å². The Morgan fingerprint density at radius 3 is 2.17 bits per heavy atom. The van der Waals surface area contributed by atoms with Gasteiger partial charge in [0.15, 0.2) is 12.3 Å². The molecule has 1 aromatic heterocycles. The standard InChI is InChI=1S/C24H20F2N2O7/c1-14-12-28(23(32)27-19(14)29)20-18(35-22(31)16-10-6-3-7-11-16)24(25,26)17(34-20)13-33-21(30)15-8-4-2-5-9-15/h2-12,17-18,20H,13H2,1H3,(H,27,29,32)/t17-,18+,20-/m0/s1. The minimum atomic E-state index is -3.87. The molecule has 1 aliphatic rings. The quantitative estimate of drug-likeness (QED) is 0.532. The van der Waals surface area contributed by atoms with E-state index >= 15 is 8.78 Å². The number of rotatable bonds is 6. The summed E-state index contributed by atoms with van der Waals surface area (Å²) in [6.45, 7) is 0.486. The lowest BCUT2D eigenvalue weighted by atomic mass is 10.1. The van der Waals surface area contributed by atoms with Crippen molar-refractivity contribution in [3.8, 4) is 0 Å². The van der Waals surface area contributed by atoms with Crippen molar-refractivity contribution in [2.45, 2.75) is 31.3 Å². The monoisotopic (exact) mass is 486 g/mol. The molecule has 35 heavy (non-hydrogen) atoms. The number of nitrogens with zero attached hydrogens (tertiary/aromatic N) is 1. The molecule has 1 aliphatic heterocycles. The highest BCUT2D eigenvalue weighted by Crippen LogP contribution is 2.43. The summed E-state index contributed by atoms with van der Waals surface area (Å²) >= 11 is 0. The fourth-order valence-corrected chi connectivity index (χ4v) is 3.54. The first-order valence-electron chi connectivity index (χ1n) is 10.5. The van der Waals surface area contributed by atoms with Crippen LogP contribution in [0, 0.1) is 6.92 Å². The predicted molar refractivity (Wildman–Crippen MR) is 117 cm³/mol. The lowest BCUT2D eigenvalue weighted by molar-refractivity contribution is -0.127. The van der Waals surface area contributed by atoms with Crippen LogP contribution in [0.5, 0.6) is 0 Å². The van der Waals surface area contributed by atoms with Crippen LogP contribution in [0.1, 0.15) is 32.5 Å². The smallest absolute Gasteiger partial charge is 0.338 e. The number of ether oxygens (including phenoxy) is 3. The van der Waals surface area contributed by atoms with Gasteiger partial charge in [-0.15, -0.1) is 0 Å². The molecule has 1 fully saturated rings. The predicted octanol–water partition coefficient (Wildman–Crippen LogP) is 2.46. The highest BCUT2D eigenvalue weighted by atomic mass is 19.3. The number of H-pyrrole nitrogens is 1. The van der Waals surface area contributed by atoms with Crippen molar-refractivity contribution >= 4 is 11.9 Å². The maximum atomic E-state index is 15.5. The molecule has 0 radical (unpaired) electrons. The van der Waals surface area contributed by atoms with Gasteiger partial charge in [-0.1, -0.05) is 36.4 Å². The van der Waals surface area contributed by atoms with Crippen LogP contribution in [-0.2, 0) is 14.2 Å². The summed E-state index contributed by atoms with van der Waals surface area (Å²) in [5.74, 6) is -5.79. The summed E-state index contributed by atoms with van der Waals surface area (Å²) in [5, 5.41) is 0. The van der Waals surface area contributed by atoms with E-state index in [2.05, 4.69) is 0 Å². The molecule has 11 heteroatoms. The van der Waals surface area contributed by atoms with Gasteiger partial charge in [0.2, 0.25) is 6.10 Å². The molecule has 1 saturated heterocycles. The summed E-state index contributed by atoms with van der Waals surface area (Å²) in [7, 11) is 0. The third-order valence-corrected chi connectivity index (χ3v) is 5.41. The Hall–Kier alpha value is -4.12. The van der Waals surface area contributed by atoms with Gasteiger partial charge in [0.25, 0.3) is 5.56 Å². The maximum Gasteiger partial charge on any atom is 0.338 e. The molecule has 3 aromatic rings. The summed E-state index contributed by atoms with van der Waals surface area (Å²) in [4.78, 5) is 51.0. The van der Waals surface area contributed by atoms with Crippen molar-refractivity contribution in [3.63, 3.8) is 0 Å². The summed E-state index contributed by atoms with van der Waals surface area (Å²) < 4.78 is 47.2. The summed E-state index contributed by atoms with van der Waals surface area (Å²) in [6, 6.07) is 15.2. The van der Waals surface area contributed by atoms with Crippen LogP contribution < -0.4 is 11.2 Å². The molecule has 9 nitrogen and oxygen atoms in total. The molecule has 0 aliphatic carbocycles. The fourth-order valence-electron chi connectivity index (χ4n) is 3.54. The summed E-state index contributed by atoms with van der Waals surface area (Å²) in [5.41, 5.74) is -1.55. The number of aryl methyl sites for hydroxylation is 1. The molecule has 0 spiro atoms. The van der Waals surface area contributed by atoms with E-state index in [0.717, 1.165) is 6.20 Å². The number of carbonyl (C=O) groups excluding carboxylic acids is 2. The highest BCUT2D eigenvalue weighted by Gasteiger charge is 2.62. The third-order valence-electron chi connectivity index (χ3n) is 5.41. The zero-order valence-electron chi connectivity index (χ0n) is 18.4. The van der Waals surface area contributed by atoms with Crippen LogP contribution >= 0.6 is 0 Å². The molecule has 182 valence electrons. The van der Waals surface area contributed by atoms with E-state index in [9.17, 15) is 19.2 Å². The normalized spacial score (nSPS) is 20.8. The second-order valence-electron chi connectivity index (χ2n) is 7.82. The molecule has 0 amide bonds. The van der Waals surface area contributed by atoms with Gasteiger partial charge in [-0.25, -0.2) is 14.4 Å². The van der Waals surface area contributed by atoms with E-state index in [0.29, 0.717) is 4.57 Å². The second-order valence-corrected chi connectivity index (χ2v) is 7.82. The van der Waals surface area contributed by atoms with Crippen molar-refractivity contribution in [2.24, 2.45) is 0 Å². The SMILES string of the molecule is Cc1cn([C@H]2O[C@@H](COC(=O)c3ccccc3)C(F)(F)[C@@H]2OC(=O)c2ccccc2)c(=O)[nH]c1=O. The fraction of sp³-hybridized carbons (Fsp3) is 0.250. The Morgan fingerprint density at radius 1 is 1.00 bits per heavy atom. The van der Waals surface area contributed by atoms with Gasteiger partial charge < -0.3 is 14.2 Å². The third kappa shape index (κ3) is 4.90. The van der Waals surface area contributed by atoms with Gasteiger partial charge in [-0.3, -0.25) is 14.3 Å². The lowest BCUT2D eigenvalue weighted by Crippen LogP contribution is -2.45. The van der Waals surface area contributed by atoms with Gasteiger partial charge >= 0.3 is 23.6 Å². The van der Waals surface area contributed by atoms with Gasteiger partial charge in [0, 0.05) is 11.8 Å². The molecule has 0 saturated carbocycles. The first kappa shape index (κ1) is 24.0. The van der Waals surface area contributed by atoms with Crippen LogP contribution in [0.2, 0.25) is 0 Å². The Kier molecular flexibility index (Phi) is 6.61. The molecule has 2 aromatic carbocycles. The van der Waals surface area contributed by atoms with Crippen molar-refractivity contribution in [3.05, 3.63) is 104 Å². The van der Waals surface area contributed by atoms with Crippen LogP contribution in [0.4, 0.5) is 8.78 Å². The van der Waals surface area contributed by atoms with E-state index in [1.165, 1.54) is 43.3 Å². The minimum absolute atomic E-state index is 0.00556. The average molecular weight is 486 g/mol. The molecule has 0 unspecified atom stereocenters.